The van der Waals surface area contributed by atoms with E-state index < -0.39 is 0 Å². The van der Waals surface area contributed by atoms with Crippen molar-refractivity contribution >= 4 is 17.4 Å². The largest absolute Gasteiger partial charge is 0.486 e. The van der Waals surface area contributed by atoms with Crippen LogP contribution in [0, 0.1) is 0 Å². The third-order valence-electron chi connectivity index (χ3n) is 2.19. The second kappa shape index (κ2) is 5.55. The number of carbonyl (C=O) groups excluding carboxylic acids is 1. The van der Waals surface area contributed by atoms with Crippen LogP contribution >= 0.6 is 11.6 Å². The van der Waals surface area contributed by atoms with E-state index in [2.05, 4.69) is 0 Å². The third-order valence-corrected chi connectivity index (χ3v) is 2.45. The van der Waals surface area contributed by atoms with Crippen molar-refractivity contribution in [3.05, 3.63) is 53.4 Å². The topological polar surface area (TPSA) is 39.4 Å². The van der Waals surface area contributed by atoms with Gasteiger partial charge in [0.2, 0.25) is 0 Å². The van der Waals surface area contributed by atoms with Gasteiger partial charge in [0.1, 0.15) is 12.4 Å². The summed E-state index contributed by atoms with van der Waals surface area (Å²) in [5.74, 6) is 0.635. The van der Waals surface area contributed by atoms with Crippen molar-refractivity contribution < 1.29 is 13.9 Å². The minimum absolute atomic E-state index is 0.00125. The van der Waals surface area contributed by atoms with Crippen molar-refractivity contribution in [3.63, 3.8) is 0 Å². The van der Waals surface area contributed by atoms with Crippen molar-refractivity contribution in [2.45, 2.75) is 6.42 Å². The number of hydrogen-bond acceptors (Lipinski definition) is 3. The van der Waals surface area contributed by atoms with E-state index in [1.165, 1.54) is 0 Å². The quantitative estimate of drug-likeness (QED) is 0.819. The van der Waals surface area contributed by atoms with Crippen LogP contribution in [0.5, 0.6) is 5.75 Å². The number of halogens is 1. The Balaban J connectivity index is 1.82. The number of Topliss-reactive ketones (excluding diaryl/α,β-unsaturated/α-hetero) is 1. The van der Waals surface area contributed by atoms with Gasteiger partial charge in [-0.05, 0) is 35.9 Å². The Hall–Kier alpha value is -1.74. The van der Waals surface area contributed by atoms with Crippen LogP contribution in [0.2, 0.25) is 5.02 Å². The molecule has 0 radical (unpaired) electrons. The van der Waals surface area contributed by atoms with Gasteiger partial charge < -0.3 is 9.15 Å². The maximum atomic E-state index is 11.6. The molecule has 2 aromatic rings. The van der Waals surface area contributed by atoms with E-state index in [0.717, 1.165) is 5.56 Å². The molecule has 1 heterocycles. The third kappa shape index (κ3) is 3.64. The molecule has 0 unspecified atom stereocenters. The van der Waals surface area contributed by atoms with Crippen LogP contribution in [-0.2, 0) is 11.2 Å². The first-order valence-corrected chi connectivity index (χ1v) is 5.53. The van der Waals surface area contributed by atoms with Gasteiger partial charge in [0.15, 0.2) is 5.78 Å². The van der Waals surface area contributed by atoms with Crippen LogP contribution in [0.25, 0.3) is 0 Å². The smallest absolute Gasteiger partial charge is 0.174 e. The highest BCUT2D eigenvalue weighted by Gasteiger charge is 2.05. The summed E-state index contributed by atoms with van der Waals surface area (Å²) in [6, 6.07) is 8.66. The molecule has 0 fully saturated rings. The molecule has 0 aliphatic rings. The molecule has 0 spiro atoms. The van der Waals surface area contributed by atoms with E-state index in [1.54, 1.807) is 42.9 Å². The standard InChI is InChI=1S/C13H11ClO3/c14-11-1-3-13(4-2-11)17-9-12(15)7-10-5-6-16-8-10/h1-6,8H,7,9H2. The van der Waals surface area contributed by atoms with Crippen molar-refractivity contribution in [2.24, 2.45) is 0 Å². The number of rotatable bonds is 5. The van der Waals surface area contributed by atoms with E-state index in [9.17, 15) is 4.79 Å². The molecule has 0 saturated heterocycles. The first kappa shape index (κ1) is 11.7. The molecule has 0 bridgehead atoms. The Kier molecular flexibility index (Phi) is 3.83. The Labute approximate surface area is 104 Å². The Bertz CT molecular complexity index is 474. The van der Waals surface area contributed by atoms with Gasteiger partial charge in [0, 0.05) is 11.4 Å². The molecule has 0 aliphatic heterocycles. The van der Waals surface area contributed by atoms with Gasteiger partial charge >= 0.3 is 0 Å². The Morgan fingerprint density at radius 1 is 1.24 bits per heavy atom. The summed E-state index contributed by atoms with van der Waals surface area (Å²) in [6.07, 6.45) is 3.42. The predicted octanol–water partition coefficient (Wildman–Crippen LogP) is 3.12. The van der Waals surface area contributed by atoms with E-state index in [4.69, 9.17) is 20.8 Å². The predicted molar refractivity (Wildman–Crippen MR) is 64.4 cm³/mol. The van der Waals surface area contributed by atoms with Gasteiger partial charge in [-0.25, -0.2) is 0 Å². The lowest BCUT2D eigenvalue weighted by atomic mass is 10.2. The molecule has 0 atom stereocenters. The lowest BCUT2D eigenvalue weighted by Crippen LogP contribution is -2.13. The van der Waals surface area contributed by atoms with Crippen molar-refractivity contribution in [1.29, 1.82) is 0 Å². The molecule has 0 amide bonds. The van der Waals surface area contributed by atoms with Crippen molar-refractivity contribution in [2.75, 3.05) is 6.61 Å². The van der Waals surface area contributed by atoms with Crippen LogP contribution in [0.4, 0.5) is 0 Å². The average molecular weight is 251 g/mol. The maximum absolute atomic E-state index is 11.6. The van der Waals surface area contributed by atoms with E-state index in [-0.39, 0.29) is 12.4 Å². The van der Waals surface area contributed by atoms with Crippen LogP contribution in [0.15, 0.2) is 47.3 Å². The normalized spacial score (nSPS) is 10.2. The van der Waals surface area contributed by atoms with Gasteiger partial charge in [-0.15, -0.1) is 0 Å². The summed E-state index contributed by atoms with van der Waals surface area (Å²) in [4.78, 5) is 11.6. The summed E-state index contributed by atoms with van der Waals surface area (Å²) in [5.41, 5.74) is 0.856. The molecule has 0 N–H and O–H groups in total. The van der Waals surface area contributed by atoms with Gasteiger partial charge in [-0.3, -0.25) is 4.79 Å². The van der Waals surface area contributed by atoms with Crippen molar-refractivity contribution in [3.8, 4) is 5.75 Å². The summed E-state index contributed by atoms with van der Waals surface area (Å²) in [7, 11) is 0. The number of ether oxygens (including phenoxy) is 1. The first-order chi connectivity index (χ1) is 8.24. The zero-order chi connectivity index (χ0) is 12.1. The minimum Gasteiger partial charge on any atom is -0.486 e. The molecule has 88 valence electrons. The highest BCUT2D eigenvalue weighted by atomic mass is 35.5. The molecule has 0 saturated carbocycles. The molecule has 1 aromatic heterocycles. The average Bonchev–Trinajstić information content (AvgIpc) is 2.81. The van der Waals surface area contributed by atoms with Crippen LogP contribution in [-0.4, -0.2) is 12.4 Å². The Morgan fingerprint density at radius 3 is 2.65 bits per heavy atom. The van der Waals surface area contributed by atoms with Gasteiger partial charge in [-0.1, -0.05) is 11.6 Å². The number of carbonyl (C=O) groups is 1. The molecular formula is C13H11ClO3. The molecule has 4 heteroatoms. The highest BCUT2D eigenvalue weighted by Crippen LogP contribution is 2.15. The van der Waals surface area contributed by atoms with Crippen molar-refractivity contribution in [1.82, 2.24) is 0 Å². The number of furan rings is 1. The van der Waals surface area contributed by atoms with E-state index in [1.807, 2.05) is 0 Å². The first-order valence-electron chi connectivity index (χ1n) is 5.15. The zero-order valence-electron chi connectivity index (χ0n) is 9.06. The SMILES string of the molecule is O=C(COc1ccc(Cl)cc1)Cc1ccoc1. The highest BCUT2D eigenvalue weighted by molar-refractivity contribution is 6.30. The van der Waals surface area contributed by atoms with Crippen LogP contribution < -0.4 is 4.74 Å². The van der Waals surface area contributed by atoms with Crippen LogP contribution in [0.3, 0.4) is 0 Å². The fourth-order valence-electron chi connectivity index (χ4n) is 1.37. The van der Waals surface area contributed by atoms with Gasteiger partial charge in [-0.2, -0.15) is 0 Å². The second-order valence-corrected chi connectivity index (χ2v) is 4.03. The lowest BCUT2D eigenvalue weighted by Gasteiger charge is -2.04. The summed E-state index contributed by atoms with van der Waals surface area (Å²) in [5, 5.41) is 0.641. The second-order valence-electron chi connectivity index (χ2n) is 3.59. The lowest BCUT2D eigenvalue weighted by molar-refractivity contribution is -0.120. The monoisotopic (exact) mass is 250 g/mol. The van der Waals surface area contributed by atoms with Gasteiger partial charge in [0.05, 0.1) is 12.5 Å². The molecule has 17 heavy (non-hydrogen) atoms. The summed E-state index contributed by atoms with van der Waals surface area (Å²) in [6.45, 7) is 0.0484. The Morgan fingerprint density at radius 2 is 2.00 bits per heavy atom. The number of benzene rings is 1. The number of ketones is 1. The summed E-state index contributed by atoms with van der Waals surface area (Å²) >= 11 is 5.74. The maximum Gasteiger partial charge on any atom is 0.174 e. The zero-order valence-corrected chi connectivity index (χ0v) is 9.81. The van der Waals surface area contributed by atoms with E-state index >= 15 is 0 Å². The van der Waals surface area contributed by atoms with Crippen LogP contribution in [0.1, 0.15) is 5.56 Å². The number of hydrogen-bond donors (Lipinski definition) is 0. The molecule has 2 rings (SSSR count). The van der Waals surface area contributed by atoms with E-state index in [0.29, 0.717) is 17.2 Å². The molecule has 1 aromatic carbocycles. The molecular weight excluding hydrogens is 240 g/mol. The molecule has 3 nitrogen and oxygen atoms in total. The fourth-order valence-corrected chi connectivity index (χ4v) is 1.49. The summed E-state index contributed by atoms with van der Waals surface area (Å²) < 4.78 is 10.2. The minimum atomic E-state index is 0.00125. The van der Waals surface area contributed by atoms with Gasteiger partial charge in [0.25, 0.3) is 0 Å². The fraction of sp³-hybridized carbons (Fsp3) is 0.154. The molecule has 0 aliphatic carbocycles.